The summed E-state index contributed by atoms with van der Waals surface area (Å²) in [5, 5.41) is 9.41. The molecule has 1 atom stereocenters. The second-order valence-corrected chi connectivity index (χ2v) is 6.76. The average molecular weight is 284 g/mol. The highest BCUT2D eigenvalue weighted by atomic mass is 32.2. The number of nitrogen functional groups attached to an aromatic ring is 1. The fourth-order valence-electron chi connectivity index (χ4n) is 2.42. The molecule has 5 nitrogen and oxygen atoms in total. The van der Waals surface area contributed by atoms with Gasteiger partial charge in [0.2, 0.25) is 10.0 Å². The summed E-state index contributed by atoms with van der Waals surface area (Å²) in [6.45, 7) is 0.339. The zero-order valence-electron chi connectivity index (χ0n) is 10.8. The van der Waals surface area contributed by atoms with Gasteiger partial charge < -0.3 is 10.8 Å². The Hall–Kier alpha value is -1.11. The Morgan fingerprint density at radius 3 is 2.53 bits per heavy atom. The molecule has 0 amide bonds. The second kappa shape index (κ2) is 5.90. The third-order valence-corrected chi connectivity index (χ3v) is 5.49. The van der Waals surface area contributed by atoms with Crippen LogP contribution < -0.4 is 5.73 Å². The van der Waals surface area contributed by atoms with E-state index in [1.165, 1.54) is 16.4 Å². The number of sulfonamides is 1. The van der Waals surface area contributed by atoms with Gasteiger partial charge in [-0.1, -0.05) is 12.8 Å². The molecule has 1 saturated heterocycles. The molecule has 0 aliphatic carbocycles. The number of anilines is 1. The van der Waals surface area contributed by atoms with Gasteiger partial charge in [-0.25, -0.2) is 8.42 Å². The summed E-state index contributed by atoms with van der Waals surface area (Å²) in [5.41, 5.74) is 6.11. The van der Waals surface area contributed by atoms with Crippen LogP contribution in [0.5, 0.6) is 0 Å². The number of nitrogens with two attached hydrogens (primary N) is 1. The lowest BCUT2D eigenvalue weighted by Gasteiger charge is -2.27. The number of benzene rings is 1. The predicted octanol–water partition coefficient (Wildman–Crippen LogP) is 1.19. The van der Waals surface area contributed by atoms with Crippen molar-refractivity contribution >= 4 is 15.7 Å². The van der Waals surface area contributed by atoms with Crippen molar-refractivity contribution in [3.8, 4) is 0 Å². The van der Waals surface area contributed by atoms with Gasteiger partial charge in [0.25, 0.3) is 0 Å². The first-order valence-corrected chi connectivity index (χ1v) is 7.98. The number of hydrogen-bond acceptors (Lipinski definition) is 4. The van der Waals surface area contributed by atoms with Crippen LogP contribution in [0.15, 0.2) is 29.2 Å². The summed E-state index contributed by atoms with van der Waals surface area (Å²) < 4.78 is 26.6. The van der Waals surface area contributed by atoms with Gasteiger partial charge in [0.05, 0.1) is 11.5 Å². The quantitative estimate of drug-likeness (QED) is 0.817. The fourth-order valence-corrected chi connectivity index (χ4v) is 4.11. The molecule has 6 heteroatoms. The number of aliphatic hydroxyl groups is 1. The summed E-state index contributed by atoms with van der Waals surface area (Å²) >= 11 is 0. The molecule has 106 valence electrons. The maximum absolute atomic E-state index is 12.6. The molecule has 3 N–H and O–H groups in total. The van der Waals surface area contributed by atoms with E-state index in [1.807, 2.05) is 0 Å². The van der Waals surface area contributed by atoms with Crippen molar-refractivity contribution in [1.29, 1.82) is 0 Å². The zero-order chi connectivity index (χ0) is 13.9. The number of nitrogens with zero attached hydrogens (tertiary/aromatic N) is 1. The Kier molecular flexibility index (Phi) is 4.44. The van der Waals surface area contributed by atoms with Crippen molar-refractivity contribution in [2.45, 2.75) is 36.6 Å². The Balaban J connectivity index is 2.33. The Morgan fingerprint density at radius 1 is 1.21 bits per heavy atom. The first-order chi connectivity index (χ1) is 9.05. The third-order valence-electron chi connectivity index (χ3n) is 3.52. The van der Waals surface area contributed by atoms with E-state index >= 15 is 0 Å². The van der Waals surface area contributed by atoms with Crippen LogP contribution in [-0.4, -0.2) is 37.0 Å². The smallest absolute Gasteiger partial charge is 0.243 e. The lowest BCUT2D eigenvalue weighted by atomic mass is 10.1. The molecule has 0 saturated carbocycles. The van der Waals surface area contributed by atoms with Crippen LogP contribution in [0.2, 0.25) is 0 Å². The topological polar surface area (TPSA) is 83.6 Å². The van der Waals surface area contributed by atoms with Crippen molar-refractivity contribution in [1.82, 2.24) is 4.31 Å². The number of hydrogen-bond donors (Lipinski definition) is 2. The molecule has 19 heavy (non-hydrogen) atoms. The molecule has 1 aliphatic heterocycles. The minimum atomic E-state index is -3.55. The fraction of sp³-hybridized carbons (Fsp3) is 0.538. The van der Waals surface area contributed by atoms with Crippen LogP contribution in [0.3, 0.4) is 0 Å². The van der Waals surface area contributed by atoms with Gasteiger partial charge >= 0.3 is 0 Å². The van der Waals surface area contributed by atoms with Crippen LogP contribution in [0.25, 0.3) is 0 Å². The van der Waals surface area contributed by atoms with E-state index in [0.717, 1.165) is 19.3 Å². The number of aliphatic hydroxyl groups excluding tert-OH is 1. The van der Waals surface area contributed by atoms with Gasteiger partial charge in [0.1, 0.15) is 0 Å². The summed E-state index contributed by atoms with van der Waals surface area (Å²) in [6, 6.07) is 5.88. The highest BCUT2D eigenvalue weighted by molar-refractivity contribution is 7.89. The Bertz CT molecular complexity index is 513. The van der Waals surface area contributed by atoms with Crippen molar-refractivity contribution in [3.05, 3.63) is 24.3 Å². The summed E-state index contributed by atoms with van der Waals surface area (Å²) in [6.07, 6.45) is 3.51. The van der Waals surface area contributed by atoms with Crippen LogP contribution in [0.4, 0.5) is 5.69 Å². The minimum absolute atomic E-state index is 0.131. The SMILES string of the molecule is Nc1ccc(S(=O)(=O)N2CCCCCC2CO)cc1. The van der Waals surface area contributed by atoms with E-state index < -0.39 is 10.0 Å². The van der Waals surface area contributed by atoms with Gasteiger partial charge in [-0.2, -0.15) is 4.31 Å². The highest BCUT2D eigenvalue weighted by Gasteiger charge is 2.31. The van der Waals surface area contributed by atoms with Crippen molar-refractivity contribution < 1.29 is 13.5 Å². The largest absolute Gasteiger partial charge is 0.399 e. The second-order valence-electron chi connectivity index (χ2n) is 4.87. The first kappa shape index (κ1) is 14.3. The third kappa shape index (κ3) is 3.08. The van der Waals surface area contributed by atoms with Crippen LogP contribution in [-0.2, 0) is 10.0 Å². The van der Waals surface area contributed by atoms with E-state index in [9.17, 15) is 13.5 Å². The zero-order valence-corrected chi connectivity index (χ0v) is 11.6. The van der Waals surface area contributed by atoms with Crippen molar-refractivity contribution in [2.75, 3.05) is 18.9 Å². The van der Waals surface area contributed by atoms with Gasteiger partial charge in [0, 0.05) is 18.3 Å². The maximum atomic E-state index is 12.6. The standard InChI is InChI=1S/C13H20N2O3S/c14-11-5-7-13(8-6-11)19(17,18)15-9-3-1-2-4-12(15)10-16/h5-8,12,16H,1-4,9-10,14H2. The summed E-state index contributed by atoms with van der Waals surface area (Å²) in [4.78, 5) is 0.238. The average Bonchev–Trinajstić information content (AvgIpc) is 2.64. The summed E-state index contributed by atoms with van der Waals surface area (Å²) in [5.74, 6) is 0. The normalized spacial score (nSPS) is 22.1. The summed E-state index contributed by atoms with van der Waals surface area (Å²) in [7, 11) is -3.55. The van der Waals surface area contributed by atoms with Crippen molar-refractivity contribution in [2.24, 2.45) is 0 Å². The number of rotatable bonds is 3. The molecule has 1 fully saturated rings. The van der Waals surface area contributed by atoms with Gasteiger partial charge in [-0.05, 0) is 37.1 Å². The molecule has 1 aromatic rings. The molecule has 0 radical (unpaired) electrons. The van der Waals surface area contributed by atoms with E-state index in [2.05, 4.69) is 0 Å². The van der Waals surface area contributed by atoms with E-state index in [-0.39, 0.29) is 17.5 Å². The van der Waals surface area contributed by atoms with E-state index in [0.29, 0.717) is 18.7 Å². The minimum Gasteiger partial charge on any atom is -0.399 e. The molecule has 2 rings (SSSR count). The molecule has 1 heterocycles. The predicted molar refractivity (Wildman–Crippen MR) is 74.1 cm³/mol. The van der Waals surface area contributed by atoms with Crippen LogP contribution >= 0.6 is 0 Å². The van der Waals surface area contributed by atoms with Gasteiger partial charge in [-0.3, -0.25) is 0 Å². The maximum Gasteiger partial charge on any atom is 0.243 e. The molecule has 0 aromatic heterocycles. The van der Waals surface area contributed by atoms with E-state index in [4.69, 9.17) is 5.73 Å². The molecule has 1 aliphatic rings. The Morgan fingerprint density at radius 2 is 1.89 bits per heavy atom. The lowest BCUT2D eigenvalue weighted by molar-refractivity contribution is 0.186. The first-order valence-electron chi connectivity index (χ1n) is 6.54. The molecular formula is C13H20N2O3S. The van der Waals surface area contributed by atoms with Crippen LogP contribution in [0, 0.1) is 0 Å². The van der Waals surface area contributed by atoms with Gasteiger partial charge in [-0.15, -0.1) is 0 Å². The molecule has 1 aromatic carbocycles. The van der Waals surface area contributed by atoms with E-state index in [1.54, 1.807) is 12.1 Å². The molecule has 0 bridgehead atoms. The molecule has 1 unspecified atom stereocenters. The molecular weight excluding hydrogens is 264 g/mol. The van der Waals surface area contributed by atoms with Gasteiger partial charge in [0.15, 0.2) is 0 Å². The monoisotopic (exact) mass is 284 g/mol. The van der Waals surface area contributed by atoms with Crippen molar-refractivity contribution in [3.63, 3.8) is 0 Å². The lowest BCUT2D eigenvalue weighted by Crippen LogP contribution is -2.41. The van der Waals surface area contributed by atoms with Crippen LogP contribution in [0.1, 0.15) is 25.7 Å². The highest BCUT2D eigenvalue weighted by Crippen LogP contribution is 2.25. The molecule has 0 spiro atoms. The Labute approximate surface area is 114 Å².